The van der Waals surface area contributed by atoms with Crippen LogP contribution in [0.2, 0.25) is 0 Å². The lowest BCUT2D eigenvalue weighted by atomic mass is 9.93. The summed E-state index contributed by atoms with van der Waals surface area (Å²) in [7, 11) is 0. The highest BCUT2D eigenvalue weighted by atomic mass is 16.5. The van der Waals surface area contributed by atoms with Crippen LogP contribution in [0.1, 0.15) is 25.7 Å². The minimum Gasteiger partial charge on any atom is -0.388 e. The second kappa shape index (κ2) is 7.88. The maximum Gasteiger partial charge on any atom is 0.266 e. The van der Waals surface area contributed by atoms with E-state index >= 15 is 0 Å². The van der Waals surface area contributed by atoms with Gasteiger partial charge < -0.3 is 9.84 Å². The SMILES string of the molecule is O=c1ccc(-c2ccncc2)nn1CC1CCCN1CC1(O)CCOCC1. The van der Waals surface area contributed by atoms with E-state index in [1.165, 1.54) is 0 Å². The molecule has 0 aliphatic carbocycles. The molecule has 1 unspecified atom stereocenters. The van der Waals surface area contributed by atoms with Gasteiger partial charge in [-0.15, -0.1) is 0 Å². The summed E-state index contributed by atoms with van der Waals surface area (Å²) >= 11 is 0. The summed E-state index contributed by atoms with van der Waals surface area (Å²) in [5.41, 5.74) is 0.936. The average Bonchev–Trinajstić information content (AvgIpc) is 3.11. The largest absolute Gasteiger partial charge is 0.388 e. The number of aliphatic hydroxyl groups is 1. The monoisotopic (exact) mass is 370 g/mol. The Morgan fingerprint density at radius 3 is 2.74 bits per heavy atom. The van der Waals surface area contributed by atoms with E-state index in [2.05, 4.69) is 15.0 Å². The molecule has 0 bridgehead atoms. The van der Waals surface area contributed by atoms with E-state index < -0.39 is 5.60 Å². The van der Waals surface area contributed by atoms with E-state index in [9.17, 15) is 9.90 Å². The first-order valence-electron chi connectivity index (χ1n) is 9.66. The summed E-state index contributed by atoms with van der Waals surface area (Å²) in [6.07, 6.45) is 6.88. The number of rotatable bonds is 5. The molecule has 0 amide bonds. The van der Waals surface area contributed by atoms with Crippen molar-refractivity contribution in [2.45, 2.75) is 43.9 Å². The molecule has 2 aliphatic rings. The predicted molar refractivity (Wildman–Crippen MR) is 101 cm³/mol. The maximum absolute atomic E-state index is 12.4. The molecule has 1 atom stereocenters. The van der Waals surface area contributed by atoms with E-state index in [1.54, 1.807) is 29.2 Å². The Morgan fingerprint density at radius 1 is 1.19 bits per heavy atom. The normalized spacial score (nSPS) is 22.8. The number of likely N-dealkylation sites (tertiary alicyclic amines) is 1. The summed E-state index contributed by atoms with van der Waals surface area (Å²) in [4.78, 5) is 18.7. The summed E-state index contributed by atoms with van der Waals surface area (Å²) in [5, 5.41) is 15.4. The van der Waals surface area contributed by atoms with E-state index in [0.717, 1.165) is 30.6 Å². The van der Waals surface area contributed by atoms with Crippen molar-refractivity contribution in [3.05, 3.63) is 47.0 Å². The molecule has 0 saturated carbocycles. The smallest absolute Gasteiger partial charge is 0.266 e. The number of nitrogens with zero attached hydrogens (tertiary/aromatic N) is 4. The molecular formula is C20H26N4O3. The van der Waals surface area contributed by atoms with Crippen molar-refractivity contribution in [1.29, 1.82) is 0 Å². The molecule has 7 heteroatoms. The van der Waals surface area contributed by atoms with Crippen molar-refractivity contribution in [3.8, 4) is 11.3 Å². The van der Waals surface area contributed by atoms with Crippen LogP contribution in [0.25, 0.3) is 11.3 Å². The first-order chi connectivity index (χ1) is 13.1. The second-order valence-electron chi connectivity index (χ2n) is 7.58. The maximum atomic E-state index is 12.4. The van der Waals surface area contributed by atoms with Crippen molar-refractivity contribution < 1.29 is 9.84 Å². The van der Waals surface area contributed by atoms with Crippen LogP contribution in [-0.4, -0.2) is 62.7 Å². The molecule has 2 fully saturated rings. The predicted octanol–water partition coefficient (Wildman–Crippen LogP) is 1.31. The van der Waals surface area contributed by atoms with E-state index in [-0.39, 0.29) is 11.6 Å². The Hall–Kier alpha value is -2.09. The van der Waals surface area contributed by atoms with E-state index in [4.69, 9.17) is 4.74 Å². The van der Waals surface area contributed by atoms with Crippen LogP contribution in [0.15, 0.2) is 41.5 Å². The van der Waals surface area contributed by atoms with Gasteiger partial charge in [0, 0.05) is 62.7 Å². The minimum atomic E-state index is -0.682. The summed E-state index contributed by atoms with van der Waals surface area (Å²) in [6, 6.07) is 7.33. The van der Waals surface area contributed by atoms with Gasteiger partial charge in [0.15, 0.2) is 0 Å². The number of ether oxygens (including phenoxy) is 1. The van der Waals surface area contributed by atoms with Gasteiger partial charge in [-0.2, -0.15) is 5.10 Å². The van der Waals surface area contributed by atoms with Gasteiger partial charge in [0.05, 0.1) is 17.8 Å². The topological polar surface area (TPSA) is 80.5 Å². The summed E-state index contributed by atoms with van der Waals surface area (Å²) < 4.78 is 6.95. The van der Waals surface area contributed by atoms with Gasteiger partial charge in [-0.05, 0) is 37.6 Å². The third kappa shape index (κ3) is 4.26. The minimum absolute atomic E-state index is 0.0931. The number of hydrogen-bond donors (Lipinski definition) is 1. The van der Waals surface area contributed by atoms with Crippen molar-refractivity contribution in [2.75, 3.05) is 26.3 Å². The molecule has 0 radical (unpaired) electrons. The van der Waals surface area contributed by atoms with Gasteiger partial charge in [-0.25, -0.2) is 4.68 Å². The molecule has 2 saturated heterocycles. The highest BCUT2D eigenvalue weighted by molar-refractivity contribution is 5.56. The van der Waals surface area contributed by atoms with Crippen LogP contribution in [0, 0.1) is 0 Å². The van der Waals surface area contributed by atoms with Gasteiger partial charge in [0.2, 0.25) is 0 Å². The van der Waals surface area contributed by atoms with Crippen LogP contribution in [-0.2, 0) is 11.3 Å². The molecule has 1 N–H and O–H groups in total. The third-order valence-corrected chi connectivity index (χ3v) is 5.65. The van der Waals surface area contributed by atoms with Gasteiger partial charge in [0.25, 0.3) is 5.56 Å². The molecular weight excluding hydrogens is 344 g/mol. The zero-order valence-electron chi connectivity index (χ0n) is 15.5. The molecule has 4 heterocycles. The van der Waals surface area contributed by atoms with E-state index in [0.29, 0.717) is 39.1 Å². The summed E-state index contributed by atoms with van der Waals surface area (Å²) in [5.74, 6) is 0. The zero-order chi connectivity index (χ0) is 18.7. The molecule has 2 aliphatic heterocycles. The Labute approximate surface area is 158 Å². The summed E-state index contributed by atoms with van der Waals surface area (Å²) in [6.45, 7) is 3.37. The number of hydrogen-bond acceptors (Lipinski definition) is 6. The molecule has 2 aromatic rings. The fraction of sp³-hybridized carbons (Fsp3) is 0.550. The molecule has 0 aromatic carbocycles. The van der Waals surface area contributed by atoms with Crippen molar-refractivity contribution >= 4 is 0 Å². The first kappa shape index (κ1) is 18.3. The van der Waals surface area contributed by atoms with Gasteiger partial charge >= 0.3 is 0 Å². The number of pyridine rings is 1. The van der Waals surface area contributed by atoms with Crippen molar-refractivity contribution in [1.82, 2.24) is 19.7 Å². The fourth-order valence-corrected chi connectivity index (χ4v) is 4.05. The van der Waals surface area contributed by atoms with Crippen molar-refractivity contribution in [2.24, 2.45) is 0 Å². The van der Waals surface area contributed by atoms with Crippen molar-refractivity contribution in [3.63, 3.8) is 0 Å². The molecule has 4 rings (SSSR count). The number of aromatic nitrogens is 3. The van der Waals surface area contributed by atoms with Gasteiger partial charge in [-0.3, -0.25) is 14.7 Å². The lowest BCUT2D eigenvalue weighted by Crippen LogP contribution is -2.49. The van der Waals surface area contributed by atoms with Gasteiger partial charge in [0.1, 0.15) is 0 Å². The van der Waals surface area contributed by atoms with Gasteiger partial charge in [-0.1, -0.05) is 0 Å². The Balaban J connectivity index is 1.50. The third-order valence-electron chi connectivity index (χ3n) is 5.65. The molecule has 27 heavy (non-hydrogen) atoms. The zero-order valence-corrected chi connectivity index (χ0v) is 15.5. The highest BCUT2D eigenvalue weighted by Gasteiger charge is 2.36. The quantitative estimate of drug-likeness (QED) is 0.855. The highest BCUT2D eigenvalue weighted by Crippen LogP contribution is 2.27. The Morgan fingerprint density at radius 2 is 1.96 bits per heavy atom. The average molecular weight is 370 g/mol. The van der Waals surface area contributed by atoms with Crippen LogP contribution < -0.4 is 5.56 Å². The van der Waals surface area contributed by atoms with Crippen LogP contribution in [0.3, 0.4) is 0 Å². The van der Waals surface area contributed by atoms with E-state index in [1.807, 2.05) is 12.1 Å². The second-order valence-corrected chi connectivity index (χ2v) is 7.58. The molecule has 7 nitrogen and oxygen atoms in total. The molecule has 0 spiro atoms. The van der Waals surface area contributed by atoms with Crippen LogP contribution >= 0.6 is 0 Å². The molecule has 144 valence electrons. The fourth-order valence-electron chi connectivity index (χ4n) is 4.05. The van der Waals surface area contributed by atoms with Crippen LogP contribution in [0.5, 0.6) is 0 Å². The lowest BCUT2D eigenvalue weighted by molar-refractivity contribution is -0.0821. The lowest BCUT2D eigenvalue weighted by Gasteiger charge is -2.37. The van der Waals surface area contributed by atoms with Crippen LogP contribution in [0.4, 0.5) is 0 Å². The first-order valence-corrected chi connectivity index (χ1v) is 9.66. The Kier molecular flexibility index (Phi) is 5.33. The standard InChI is InChI=1S/C20H26N4O3/c25-19-4-3-18(16-5-9-21-10-6-16)22-24(19)14-17-2-1-11-23(17)15-20(26)7-12-27-13-8-20/h3-6,9-10,17,26H,1-2,7-8,11-15H2. The number of β-amino-alcohol motifs (C(OH)–C–C–N with tert-alkyl or cyclic N) is 1. The molecule has 2 aromatic heterocycles. The Bertz CT molecular complexity index is 817.